The highest BCUT2D eigenvalue weighted by atomic mass is 16.4. The SMILES string of the molecule is CNC1(C#N)CCC(N(C)c2ccc(C)o2)CC1. The average molecular weight is 247 g/mol. The minimum atomic E-state index is -0.323. The molecule has 0 spiro atoms. The third-order valence-corrected chi connectivity index (χ3v) is 4.12. The smallest absolute Gasteiger partial charge is 0.195 e. The number of hydrogen-bond acceptors (Lipinski definition) is 4. The van der Waals surface area contributed by atoms with Crippen molar-refractivity contribution in [2.75, 3.05) is 19.0 Å². The molecule has 1 heterocycles. The Kier molecular flexibility index (Phi) is 3.63. The maximum absolute atomic E-state index is 9.24. The van der Waals surface area contributed by atoms with Gasteiger partial charge in [0.2, 0.25) is 0 Å². The molecule has 1 aliphatic carbocycles. The summed E-state index contributed by atoms with van der Waals surface area (Å²) in [5, 5.41) is 12.4. The first-order chi connectivity index (χ1) is 8.60. The summed E-state index contributed by atoms with van der Waals surface area (Å²) in [5.74, 6) is 1.86. The van der Waals surface area contributed by atoms with Crippen LogP contribution in [0.4, 0.5) is 5.88 Å². The van der Waals surface area contributed by atoms with Crippen LogP contribution in [0.25, 0.3) is 0 Å². The van der Waals surface area contributed by atoms with E-state index in [9.17, 15) is 5.26 Å². The van der Waals surface area contributed by atoms with E-state index in [-0.39, 0.29) is 5.54 Å². The van der Waals surface area contributed by atoms with E-state index in [0.29, 0.717) is 6.04 Å². The number of furan rings is 1. The van der Waals surface area contributed by atoms with Crippen LogP contribution in [-0.2, 0) is 0 Å². The largest absolute Gasteiger partial charge is 0.446 e. The number of anilines is 1. The van der Waals surface area contributed by atoms with E-state index < -0.39 is 0 Å². The van der Waals surface area contributed by atoms with Crippen LogP contribution in [-0.4, -0.2) is 25.7 Å². The normalized spacial score (nSPS) is 27.8. The number of hydrogen-bond donors (Lipinski definition) is 1. The molecule has 1 saturated carbocycles. The number of nitrogens with one attached hydrogen (secondary N) is 1. The lowest BCUT2D eigenvalue weighted by molar-refractivity contribution is 0.283. The zero-order valence-electron chi connectivity index (χ0n) is 11.4. The van der Waals surface area contributed by atoms with E-state index in [1.54, 1.807) is 0 Å². The second-order valence-electron chi connectivity index (χ2n) is 5.17. The first kappa shape index (κ1) is 13.0. The van der Waals surface area contributed by atoms with Crippen LogP contribution < -0.4 is 10.2 Å². The highest BCUT2D eigenvalue weighted by Gasteiger charge is 2.35. The number of nitrogens with zero attached hydrogens (tertiary/aromatic N) is 2. The molecular formula is C14H21N3O. The topological polar surface area (TPSA) is 52.2 Å². The maximum Gasteiger partial charge on any atom is 0.195 e. The molecule has 0 unspecified atom stereocenters. The van der Waals surface area contributed by atoms with Crippen LogP contribution >= 0.6 is 0 Å². The van der Waals surface area contributed by atoms with Crippen molar-refractivity contribution in [1.82, 2.24) is 5.32 Å². The van der Waals surface area contributed by atoms with E-state index in [4.69, 9.17) is 4.42 Å². The summed E-state index contributed by atoms with van der Waals surface area (Å²) in [5.41, 5.74) is -0.323. The fourth-order valence-electron chi connectivity index (χ4n) is 2.69. The summed E-state index contributed by atoms with van der Waals surface area (Å²) in [6.45, 7) is 1.96. The van der Waals surface area contributed by atoms with E-state index >= 15 is 0 Å². The van der Waals surface area contributed by atoms with Crippen LogP contribution in [0.5, 0.6) is 0 Å². The van der Waals surface area contributed by atoms with Crippen molar-refractivity contribution < 1.29 is 4.42 Å². The van der Waals surface area contributed by atoms with Crippen molar-refractivity contribution in [2.45, 2.75) is 44.2 Å². The minimum Gasteiger partial charge on any atom is -0.446 e. The summed E-state index contributed by atoms with van der Waals surface area (Å²) < 4.78 is 5.65. The molecule has 0 aliphatic heterocycles. The Balaban J connectivity index is 2.00. The Labute approximate surface area is 109 Å². The van der Waals surface area contributed by atoms with Gasteiger partial charge < -0.3 is 14.6 Å². The quantitative estimate of drug-likeness (QED) is 0.891. The molecule has 1 aromatic rings. The summed E-state index contributed by atoms with van der Waals surface area (Å²) >= 11 is 0. The Bertz CT molecular complexity index is 438. The van der Waals surface area contributed by atoms with Gasteiger partial charge in [-0.05, 0) is 45.7 Å². The van der Waals surface area contributed by atoms with Crippen LogP contribution in [0.2, 0.25) is 0 Å². The van der Waals surface area contributed by atoms with E-state index in [1.807, 2.05) is 26.1 Å². The Morgan fingerprint density at radius 3 is 2.56 bits per heavy atom. The Morgan fingerprint density at radius 1 is 1.44 bits per heavy atom. The highest BCUT2D eigenvalue weighted by Crippen LogP contribution is 2.32. The van der Waals surface area contributed by atoms with Crippen molar-refractivity contribution in [3.63, 3.8) is 0 Å². The van der Waals surface area contributed by atoms with Gasteiger partial charge in [-0.25, -0.2) is 0 Å². The molecule has 1 aliphatic rings. The maximum atomic E-state index is 9.24. The molecule has 0 saturated heterocycles. The van der Waals surface area contributed by atoms with Gasteiger partial charge in [0.05, 0.1) is 6.07 Å². The standard InChI is InChI=1S/C14H21N3O/c1-11-4-5-13(18-11)17(3)12-6-8-14(10-15,16-2)9-7-12/h4-5,12,16H,6-9H2,1-3H3. The molecular weight excluding hydrogens is 226 g/mol. The van der Waals surface area contributed by atoms with Crippen LogP contribution in [0.1, 0.15) is 31.4 Å². The molecule has 0 amide bonds. The molecule has 2 rings (SSSR count). The van der Waals surface area contributed by atoms with Crippen LogP contribution in [0.15, 0.2) is 16.5 Å². The lowest BCUT2D eigenvalue weighted by Crippen LogP contribution is -2.48. The van der Waals surface area contributed by atoms with Gasteiger partial charge >= 0.3 is 0 Å². The second-order valence-corrected chi connectivity index (χ2v) is 5.17. The monoisotopic (exact) mass is 247 g/mol. The molecule has 0 aromatic carbocycles. The Hall–Kier alpha value is -1.47. The van der Waals surface area contributed by atoms with E-state index in [0.717, 1.165) is 37.3 Å². The third kappa shape index (κ3) is 2.37. The van der Waals surface area contributed by atoms with Gasteiger partial charge in [-0.2, -0.15) is 5.26 Å². The molecule has 0 atom stereocenters. The van der Waals surface area contributed by atoms with Gasteiger partial charge in [-0.1, -0.05) is 0 Å². The fourth-order valence-corrected chi connectivity index (χ4v) is 2.69. The molecule has 98 valence electrons. The highest BCUT2D eigenvalue weighted by molar-refractivity contribution is 5.37. The summed E-state index contributed by atoms with van der Waals surface area (Å²) in [6.07, 6.45) is 3.83. The van der Waals surface area contributed by atoms with Gasteiger partial charge in [0, 0.05) is 19.2 Å². The van der Waals surface area contributed by atoms with Crippen molar-refractivity contribution in [1.29, 1.82) is 5.26 Å². The summed E-state index contributed by atoms with van der Waals surface area (Å²) in [4.78, 5) is 2.20. The zero-order chi connectivity index (χ0) is 13.2. The molecule has 4 heteroatoms. The molecule has 1 N–H and O–H groups in total. The summed E-state index contributed by atoms with van der Waals surface area (Å²) in [7, 11) is 3.95. The number of rotatable bonds is 3. The zero-order valence-corrected chi connectivity index (χ0v) is 11.4. The van der Waals surface area contributed by atoms with Crippen LogP contribution in [0.3, 0.4) is 0 Å². The van der Waals surface area contributed by atoms with Crippen molar-refractivity contribution in [3.8, 4) is 6.07 Å². The van der Waals surface area contributed by atoms with Gasteiger partial charge in [-0.15, -0.1) is 0 Å². The lowest BCUT2D eigenvalue weighted by atomic mass is 9.80. The van der Waals surface area contributed by atoms with Crippen molar-refractivity contribution >= 4 is 5.88 Å². The van der Waals surface area contributed by atoms with Gasteiger partial charge in [0.1, 0.15) is 11.3 Å². The first-order valence-corrected chi connectivity index (χ1v) is 6.50. The van der Waals surface area contributed by atoms with E-state index in [1.165, 1.54) is 0 Å². The lowest BCUT2D eigenvalue weighted by Gasteiger charge is -2.38. The molecule has 1 aromatic heterocycles. The molecule has 1 fully saturated rings. The number of aryl methyl sites for hydroxylation is 1. The summed E-state index contributed by atoms with van der Waals surface area (Å²) in [6, 6.07) is 6.88. The fraction of sp³-hybridized carbons (Fsp3) is 0.643. The second kappa shape index (κ2) is 5.03. The van der Waals surface area contributed by atoms with Gasteiger partial charge in [-0.3, -0.25) is 0 Å². The van der Waals surface area contributed by atoms with Gasteiger partial charge in [0.25, 0.3) is 0 Å². The average Bonchev–Trinajstić information content (AvgIpc) is 2.85. The molecule has 0 bridgehead atoms. The minimum absolute atomic E-state index is 0.323. The molecule has 4 nitrogen and oxygen atoms in total. The van der Waals surface area contributed by atoms with E-state index in [2.05, 4.69) is 23.3 Å². The number of nitriles is 1. The molecule has 18 heavy (non-hydrogen) atoms. The van der Waals surface area contributed by atoms with Crippen molar-refractivity contribution in [3.05, 3.63) is 17.9 Å². The predicted octanol–water partition coefficient (Wildman–Crippen LogP) is 2.45. The predicted molar refractivity (Wildman–Crippen MR) is 71.5 cm³/mol. The van der Waals surface area contributed by atoms with Gasteiger partial charge in [0.15, 0.2) is 5.88 Å². The molecule has 0 radical (unpaired) electrons. The first-order valence-electron chi connectivity index (χ1n) is 6.50. The Morgan fingerprint density at radius 2 is 2.11 bits per heavy atom. The third-order valence-electron chi connectivity index (χ3n) is 4.12. The van der Waals surface area contributed by atoms with Crippen LogP contribution in [0, 0.1) is 18.3 Å². The van der Waals surface area contributed by atoms with Crippen molar-refractivity contribution in [2.24, 2.45) is 0 Å².